The maximum absolute atomic E-state index is 14.7. The summed E-state index contributed by atoms with van der Waals surface area (Å²) in [6.45, 7) is 17.8. The first-order valence-electron chi connectivity index (χ1n) is 28.4. The van der Waals surface area contributed by atoms with Gasteiger partial charge in [-0.25, -0.2) is 4.79 Å². The molecule has 81 heavy (non-hydrogen) atoms. The molecule has 2 aliphatic rings. The standard InChI is InChI=1S/C58H94N6O16S/c1-12-41(6)53(46(73-10)38-50(68)63-23-16-19-45(63)54(74-11)42(7)56(81)59-44(58(71)72)37-43-17-14-13-15-18-43)62(9)57(70)51(39(2)3)60-55(69)52(40(4)5)61(8)47(65)22-25-75-27-29-77-31-33-79-35-36-80-34-32-78-30-28-76-26-24-64-48(66)20-21-49(64)67/h13-15,17-18,20-21,39-42,44-46,51-54H,12,16,19,22-38H2,1-11H3,(H,59,81)(H,60,69)(H,71,72)/t41?,42?,44?,45-,46?,51?,52?,53?,54?/m0/s1. The van der Waals surface area contributed by atoms with Gasteiger partial charge in [0.25, 0.3) is 11.8 Å². The van der Waals surface area contributed by atoms with Gasteiger partial charge in [0.15, 0.2) is 0 Å². The van der Waals surface area contributed by atoms with Gasteiger partial charge in [-0.2, -0.15) is 0 Å². The van der Waals surface area contributed by atoms with Gasteiger partial charge >= 0.3 is 5.97 Å². The first-order valence-corrected chi connectivity index (χ1v) is 28.9. The van der Waals surface area contributed by atoms with E-state index in [0.29, 0.717) is 83.8 Å². The van der Waals surface area contributed by atoms with Crippen LogP contribution < -0.4 is 10.6 Å². The van der Waals surface area contributed by atoms with Crippen molar-refractivity contribution in [2.45, 2.75) is 129 Å². The summed E-state index contributed by atoms with van der Waals surface area (Å²) in [5.74, 6) is -4.19. The van der Waals surface area contributed by atoms with Gasteiger partial charge < -0.3 is 68.3 Å². The lowest BCUT2D eigenvalue weighted by atomic mass is 9.89. The molecular weight excluding hydrogens is 1070 g/mol. The molecule has 9 atom stereocenters. The monoisotopic (exact) mass is 1160 g/mol. The second-order valence-corrected chi connectivity index (χ2v) is 21.6. The summed E-state index contributed by atoms with van der Waals surface area (Å²) in [5.41, 5.74) is 0.852. The Balaban J connectivity index is 1.44. The number of carbonyl (C=O) groups is 7. The topological polar surface area (TPSA) is 251 Å². The van der Waals surface area contributed by atoms with E-state index in [2.05, 4.69) is 10.6 Å². The number of imide groups is 1. The number of methoxy groups -OCH3 is 2. The van der Waals surface area contributed by atoms with Crippen LogP contribution in [0.3, 0.4) is 0 Å². The number of ether oxygens (including phenoxy) is 8. The van der Waals surface area contributed by atoms with Crippen LogP contribution >= 0.6 is 12.2 Å². The van der Waals surface area contributed by atoms with Crippen LogP contribution in [-0.2, 0) is 77.9 Å². The fraction of sp³-hybridized carbons (Fsp3) is 0.724. The summed E-state index contributed by atoms with van der Waals surface area (Å²) in [4.78, 5) is 98.3. The van der Waals surface area contributed by atoms with Crippen molar-refractivity contribution in [3.8, 4) is 0 Å². The Morgan fingerprint density at radius 3 is 1.74 bits per heavy atom. The molecule has 0 aromatic heterocycles. The van der Waals surface area contributed by atoms with Crippen molar-refractivity contribution in [2.24, 2.45) is 23.7 Å². The highest BCUT2D eigenvalue weighted by Gasteiger charge is 2.43. The molecule has 2 heterocycles. The molecule has 6 amide bonds. The van der Waals surface area contributed by atoms with Crippen LogP contribution in [0.4, 0.5) is 0 Å². The molecule has 1 aromatic rings. The van der Waals surface area contributed by atoms with Crippen molar-refractivity contribution in [1.82, 2.24) is 30.2 Å². The Labute approximate surface area is 485 Å². The molecule has 0 radical (unpaired) electrons. The number of likely N-dealkylation sites (N-methyl/N-ethyl adjacent to an activating group) is 2. The quantitative estimate of drug-likeness (QED) is 0.0481. The Kier molecular flexibility index (Phi) is 33.0. The Morgan fingerprint density at radius 1 is 0.728 bits per heavy atom. The predicted molar refractivity (Wildman–Crippen MR) is 307 cm³/mol. The smallest absolute Gasteiger partial charge is 0.326 e. The maximum Gasteiger partial charge on any atom is 0.326 e. The molecule has 8 unspecified atom stereocenters. The molecule has 0 spiro atoms. The number of thiocarbonyl (C=S) groups is 1. The predicted octanol–water partition coefficient (Wildman–Crippen LogP) is 3.56. The van der Waals surface area contributed by atoms with Gasteiger partial charge in [0.1, 0.15) is 18.1 Å². The Hall–Kier alpha value is -4.98. The third-order valence-corrected chi connectivity index (χ3v) is 15.3. The van der Waals surface area contributed by atoms with E-state index in [1.54, 1.807) is 31.0 Å². The number of carboxylic acids is 1. The van der Waals surface area contributed by atoms with E-state index in [1.165, 1.54) is 24.2 Å². The number of aliphatic carboxylic acids is 1. The number of carbonyl (C=O) groups excluding carboxylic acids is 6. The molecule has 458 valence electrons. The molecule has 1 aromatic carbocycles. The first-order chi connectivity index (χ1) is 38.7. The largest absolute Gasteiger partial charge is 0.480 e. The molecule has 0 bridgehead atoms. The van der Waals surface area contributed by atoms with Gasteiger partial charge in [-0.1, -0.05) is 97.4 Å². The molecular formula is C58H94N6O16S. The third kappa shape index (κ3) is 23.3. The van der Waals surface area contributed by atoms with Crippen LogP contribution in [0.2, 0.25) is 0 Å². The zero-order chi connectivity index (χ0) is 60.0. The van der Waals surface area contributed by atoms with E-state index in [4.69, 9.17) is 50.1 Å². The van der Waals surface area contributed by atoms with Gasteiger partial charge in [0.05, 0.1) is 128 Å². The SMILES string of the molecule is CCC(C)C(C(CC(=O)N1CCC[C@H]1C(OC)C(C)C(=S)NC(Cc1ccccc1)C(=O)O)OC)N(C)C(=O)C(NC(=O)C(C(C)C)N(C)C(=O)CCOCCOCCOCCOCCOCCOCCN1C(=O)C=CC1=O)C(C)C. The zero-order valence-corrected chi connectivity index (χ0v) is 50.6. The summed E-state index contributed by atoms with van der Waals surface area (Å²) in [5, 5.41) is 16.1. The number of nitrogens with zero attached hydrogens (tertiary/aromatic N) is 4. The van der Waals surface area contributed by atoms with Crippen LogP contribution in [0.15, 0.2) is 42.5 Å². The number of hydrogen-bond acceptors (Lipinski definition) is 16. The lowest BCUT2D eigenvalue weighted by molar-refractivity contribution is -0.148. The average molecular weight is 1160 g/mol. The number of likely N-dealkylation sites (tertiary alicyclic amines) is 1. The Morgan fingerprint density at radius 2 is 1.26 bits per heavy atom. The highest BCUT2D eigenvalue weighted by atomic mass is 32.1. The summed E-state index contributed by atoms with van der Waals surface area (Å²) >= 11 is 5.79. The fourth-order valence-corrected chi connectivity index (χ4v) is 10.3. The second-order valence-electron chi connectivity index (χ2n) is 21.2. The van der Waals surface area contributed by atoms with Crippen LogP contribution in [0, 0.1) is 23.7 Å². The van der Waals surface area contributed by atoms with Crippen molar-refractivity contribution < 1.29 is 76.6 Å². The molecule has 0 saturated carbocycles. The van der Waals surface area contributed by atoms with E-state index in [-0.39, 0.29) is 99.0 Å². The number of carboxylic acid groups (broad SMARTS) is 1. The molecule has 1 saturated heterocycles. The highest BCUT2D eigenvalue weighted by Crippen LogP contribution is 2.30. The van der Waals surface area contributed by atoms with E-state index in [1.807, 2.05) is 78.8 Å². The van der Waals surface area contributed by atoms with Crippen LogP contribution in [0.25, 0.3) is 0 Å². The lowest BCUT2D eigenvalue weighted by Crippen LogP contribution is -2.60. The Bertz CT molecular complexity index is 2120. The minimum Gasteiger partial charge on any atom is -0.480 e. The summed E-state index contributed by atoms with van der Waals surface area (Å²) in [6.07, 6.45) is 3.49. The minimum atomic E-state index is -1.03. The summed E-state index contributed by atoms with van der Waals surface area (Å²) in [7, 11) is 6.35. The fourth-order valence-electron chi connectivity index (χ4n) is 10.1. The third-order valence-electron chi connectivity index (χ3n) is 14.8. The van der Waals surface area contributed by atoms with Crippen molar-refractivity contribution in [2.75, 3.05) is 121 Å². The van der Waals surface area contributed by atoms with Crippen molar-refractivity contribution in [1.29, 1.82) is 0 Å². The van der Waals surface area contributed by atoms with Gasteiger partial charge in [0.2, 0.25) is 23.6 Å². The average Bonchev–Trinajstić information content (AvgIpc) is 4.06. The summed E-state index contributed by atoms with van der Waals surface area (Å²) < 4.78 is 45.2. The van der Waals surface area contributed by atoms with Gasteiger partial charge in [-0.15, -0.1) is 0 Å². The van der Waals surface area contributed by atoms with Crippen molar-refractivity contribution >= 4 is 58.6 Å². The van der Waals surface area contributed by atoms with Crippen molar-refractivity contribution in [3.63, 3.8) is 0 Å². The van der Waals surface area contributed by atoms with Crippen molar-refractivity contribution in [3.05, 3.63) is 48.0 Å². The molecule has 3 rings (SSSR count). The number of benzene rings is 1. The van der Waals surface area contributed by atoms with E-state index >= 15 is 0 Å². The van der Waals surface area contributed by atoms with E-state index in [0.717, 1.165) is 16.9 Å². The molecule has 0 aliphatic carbocycles. The number of nitrogens with one attached hydrogen (secondary N) is 2. The lowest BCUT2D eigenvalue weighted by Gasteiger charge is -2.41. The minimum absolute atomic E-state index is 0.0254. The molecule has 3 N–H and O–H groups in total. The second kappa shape index (κ2) is 38.0. The van der Waals surface area contributed by atoms with Crippen LogP contribution in [0.1, 0.15) is 86.1 Å². The van der Waals surface area contributed by atoms with E-state index < -0.39 is 54.2 Å². The van der Waals surface area contributed by atoms with Crippen LogP contribution in [-0.4, -0.2) is 234 Å². The summed E-state index contributed by atoms with van der Waals surface area (Å²) in [6, 6.07) is 5.59. The van der Waals surface area contributed by atoms with Crippen LogP contribution in [0.5, 0.6) is 0 Å². The van der Waals surface area contributed by atoms with Gasteiger partial charge in [-0.3, -0.25) is 33.7 Å². The molecule has 23 heteroatoms. The first kappa shape index (κ1) is 70.3. The normalized spacial score (nSPS) is 17.4. The zero-order valence-electron chi connectivity index (χ0n) is 49.8. The molecule has 1 fully saturated rings. The molecule has 2 aliphatic heterocycles. The number of hydrogen-bond donors (Lipinski definition) is 3. The van der Waals surface area contributed by atoms with Gasteiger partial charge in [0, 0.05) is 59.4 Å². The van der Waals surface area contributed by atoms with Gasteiger partial charge in [-0.05, 0) is 36.2 Å². The number of rotatable bonds is 42. The molecule has 22 nitrogen and oxygen atoms in total. The highest BCUT2D eigenvalue weighted by molar-refractivity contribution is 7.80. The van der Waals surface area contributed by atoms with E-state index in [9.17, 15) is 38.7 Å². The number of amides is 6. The maximum atomic E-state index is 14.7.